The molecule has 2 N–H and O–H groups in total. The topological polar surface area (TPSA) is 82.1 Å². The predicted molar refractivity (Wildman–Crippen MR) is 90.1 cm³/mol. The first kappa shape index (κ1) is 18.4. The summed E-state index contributed by atoms with van der Waals surface area (Å²) in [7, 11) is 0. The molecule has 2 saturated heterocycles. The third-order valence-electron chi connectivity index (χ3n) is 4.41. The molecule has 2 amide bonds. The molecular formula is C17H21F2N3O4. The largest absolute Gasteiger partial charge is 0.442 e. The molecule has 0 aliphatic carbocycles. The zero-order valence-electron chi connectivity index (χ0n) is 14.6. The van der Waals surface area contributed by atoms with Crippen LogP contribution in [0.25, 0.3) is 0 Å². The van der Waals surface area contributed by atoms with Crippen molar-refractivity contribution in [3.8, 4) is 0 Å². The molecule has 3 rings (SSSR count). The number of hydrogen-bond acceptors (Lipinski definition) is 5. The normalized spacial score (nSPS) is 21.4. The summed E-state index contributed by atoms with van der Waals surface area (Å²) in [6.45, 7) is 3.77. The van der Waals surface area contributed by atoms with Gasteiger partial charge in [0.05, 0.1) is 24.4 Å². The fourth-order valence-corrected chi connectivity index (χ4v) is 3.14. The zero-order valence-corrected chi connectivity index (χ0v) is 14.6. The standard InChI is InChI=1S/C17H21F2N3O4/c1-3-14(23)20-6-11-7-22(16(24)26-11)10-4-12(18)15(13(19)5-10)21-8-17(2,25)9-21/h4-5,11,25H,3,6-9H2,1-2H3,(H,20,23)/t11-/m0/s1. The van der Waals surface area contributed by atoms with Crippen molar-refractivity contribution < 1.29 is 28.2 Å². The second-order valence-corrected chi connectivity index (χ2v) is 6.89. The number of β-amino-alcohol motifs (C(OH)–C–C–N with tert-alkyl or cyclic N) is 1. The molecule has 2 aliphatic rings. The first-order valence-corrected chi connectivity index (χ1v) is 8.41. The third-order valence-corrected chi connectivity index (χ3v) is 4.41. The van der Waals surface area contributed by atoms with E-state index in [1.807, 2.05) is 0 Å². The minimum atomic E-state index is -0.966. The lowest BCUT2D eigenvalue weighted by Gasteiger charge is -2.45. The van der Waals surface area contributed by atoms with Crippen LogP contribution in [0.4, 0.5) is 25.0 Å². The van der Waals surface area contributed by atoms with Crippen LogP contribution in [-0.2, 0) is 9.53 Å². The van der Waals surface area contributed by atoms with Gasteiger partial charge in [0.15, 0.2) is 11.6 Å². The van der Waals surface area contributed by atoms with Crippen molar-refractivity contribution in [3.05, 3.63) is 23.8 Å². The average molecular weight is 369 g/mol. The van der Waals surface area contributed by atoms with Gasteiger partial charge in [0.2, 0.25) is 5.91 Å². The number of rotatable bonds is 5. The van der Waals surface area contributed by atoms with Crippen molar-refractivity contribution in [2.45, 2.75) is 32.0 Å². The molecular weight excluding hydrogens is 348 g/mol. The second kappa shape index (κ2) is 6.71. The molecule has 1 atom stereocenters. The van der Waals surface area contributed by atoms with Gasteiger partial charge in [-0.1, -0.05) is 6.92 Å². The van der Waals surface area contributed by atoms with E-state index in [-0.39, 0.29) is 43.5 Å². The Balaban J connectivity index is 1.72. The fraction of sp³-hybridized carbons (Fsp3) is 0.529. The van der Waals surface area contributed by atoms with Crippen LogP contribution in [0.5, 0.6) is 0 Å². The summed E-state index contributed by atoms with van der Waals surface area (Å²) < 4.78 is 33.9. The number of carbonyl (C=O) groups is 2. The summed E-state index contributed by atoms with van der Waals surface area (Å²) in [6, 6.07) is 2.14. The van der Waals surface area contributed by atoms with Gasteiger partial charge in [-0.05, 0) is 6.92 Å². The first-order chi connectivity index (χ1) is 12.2. The molecule has 2 fully saturated rings. The van der Waals surface area contributed by atoms with Crippen molar-refractivity contribution in [1.82, 2.24) is 5.32 Å². The number of hydrogen-bond donors (Lipinski definition) is 2. The van der Waals surface area contributed by atoms with Crippen LogP contribution >= 0.6 is 0 Å². The summed E-state index contributed by atoms with van der Waals surface area (Å²) >= 11 is 0. The number of nitrogens with one attached hydrogen (secondary N) is 1. The Hall–Kier alpha value is -2.42. The molecule has 0 unspecified atom stereocenters. The quantitative estimate of drug-likeness (QED) is 0.820. The third kappa shape index (κ3) is 3.57. The lowest BCUT2D eigenvalue weighted by atomic mass is 9.96. The number of nitrogens with zero attached hydrogens (tertiary/aromatic N) is 2. The molecule has 2 aliphatic heterocycles. The SMILES string of the molecule is CCC(=O)NC[C@H]1CN(c2cc(F)c(N3CC(C)(O)C3)c(F)c2)C(=O)O1. The van der Waals surface area contributed by atoms with Crippen LogP contribution in [0.3, 0.4) is 0 Å². The number of anilines is 2. The zero-order chi connectivity index (χ0) is 19.1. The molecule has 1 aromatic carbocycles. The van der Waals surface area contributed by atoms with E-state index in [1.165, 1.54) is 4.90 Å². The van der Waals surface area contributed by atoms with Crippen LogP contribution in [0.1, 0.15) is 20.3 Å². The van der Waals surface area contributed by atoms with Crippen molar-refractivity contribution in [1.29, 1.82) is 0 Å². The van der Waals surface area contributed by atoms with E-state index in [0.717, 1.165) is 17.0 Å². The molecule has 0 aromatic heterocycles. The highest BCUT2D eigenvalue weighted by Gasteiger charge is 2.40. The maximum absolute atomic E-state index is 14.4. The molecule has 142 valence electrons. The van der Waals surface area contributed by atoms with Gasteiger partial charge >= 0.3 is 6.09 Å². The van der Waals surface area contributed by atoms with Gasteiger partial charge in [-0.2, -0.15) is 0 Å². The molecule has 0 bridgehead atoms. The Labute approximate surface area is 149 Å². The van der Waals surface area contributed by atoms with Gasteiger partial charge in [0.25, 0.3) is 0 Å². The van der Waals surface area contributed by atoms with E-state index in [9.17, 15) is 23.5 Å². The Bertz CT molecular complexity index is 710. The molecule has 7 nitrogen and oxygen atoms in total. The Kier molecular flexibility index (Phi) is 4.74. The van der Waals surface area contributed by atoms with Crippen LogP contribution in [0.15, 0.2) is 12.1 Å². The van der Waals surface area contributed by atoms with Crippen molar-refractivity contribution in [2.24, 2.45) is 0 Å². The van der Waals surface area contributed by atoms with Crippen LogP contribution in [-0.4, -0.2) is 55.0 Å². The lowest BCUT2D eigenvalue weighted by Crippen LogP contribution is -2.60. The van der Waals surface area contributed by atoms with Crippen molar-refractivity contribution >= 4 is 23.4 Å². The molecule has 0 radical (unpaired) electrons. The van der Waals surface area contributed by atoms with E-state index in [0.29, 0.717) is 6.42 Å². The molecule has 2 heterocycles. The van der Waals surface area contributed by atoms with Crippen molar-refractivity contribution in [3.63, 3.8) is 0 Å². The first-order valence-electron chi connectivity index (χ1n) is 8.41. The molecule has 9 heteroatoms. The minimum absolute atomic E-state index is 0.0466. The smallest absolute Gasteiger partial charge is 0.414 e. The molecule has 0 spiro atoms. The summed E-state index contributed by atoms with van der Waals surface area (Å²) in [5.41, 5.74) is -1.14. The van der Waals surface area contributed by atoms with Gasteiger partial charge in [-0.25, -0.2) is 13.6 Å². The summed E-state index contributed by atoms with van der Waals surface area (Å²) in [5, 5.41) is 12.4. The van der Waals surface area contributed by atoms with E-state index in [1.54, 1.807) is 13.8 Å². The van der Waals surface area contributed by atoms with Crippen LogP contribution in [0, 0.1) is 11.6 Å². The van der Waals surface area contributed by atoms with E-state index in [4.69, 9.17) is 4.74 Å². The van der Waals surface area contributed by atoms with E-state index < -0.39 is 29.4 Å². The Morgan fingerprint density at radius 1 is 1.38 bits per heavy atom. The Morgan fingerprint density at radius 3 is 2.54 bits per heavy atom. The number of carbonyl (C=O) groups excluding carboxylic acids is 2. The molecule has 1 aromatic rings. The van der Waals surface area contributed by atoms with Crippen molar-refractivity contribution in [2.75, 3.05) is 36.0 Å². The predicted octanol–water partition coefficient (Wildman–Crippen LogP) is 1.39. The maximum Gasteiger partial charge on any atom is 0.414 e. The van der Waals surface area contributed by atoms with Crippen LogP contribution < -0.4 is 15.1 Å². The number of aliphatic hydroxyl groups is 1. The number of halogens is 2. The van der Waals surface area contributed by atoms with Gasteiger partial charge in [-0.15, -0.1) is 0 Å². The van der Waals surface area contributed by atoms with Gasteiger partial charge < -0.3 is 20.1 Å². The second-order valence-electron chi connectivity index (χ2n) is 6.89. The number of amides is 2. The fourth-order valence-electron chi connectivity index (χ4n) is 3.14. The number of benzene rings is 1. The summed E-state index contributed by atoms with van der Waals surface area (Å²) in [5.74, 6) is -1.80. The maximum atomic E-state index is 14.4. The van der Waals surface area contributed by atoms with Gasteiger partial charge in [-0.3, -0.25) is 9.69 Å². The summed E-state index contributed by atoms with van der Waals surface area (Å²) in [6.07, 6.45) is -1.00. The lowest BCUT2D eigenvalue weighted by molar-refractivity contribution is -0.121. The summed E-state index contributed by atoms with van der Waals surface area (Å²) in [4.78, 5) is 25.8. The molecule has 0 saturated carbocycles. The van der Waals surface area contributed by atoms with Crippen LogP contribution in [0.2, 0.25) is 0 Å². The Morgan fingerprint density at radius 2 is 2.00 bits per heavy atom. The van der Waals surface area contributed by atoms with Gasteiger partial charge in [0.1, 0.15) is 11.8 Å². The monoisotopic (exact) mass is 369 g/mol. The minimum Gasteiger partial charge on any atom is -0.442 e. The number of ether oxygens (including phenoxy) is 1. The van der Waals surface area contributed by atoms with E-state index >= 15 is 0 Å². The highest BCUT2D eigenvalue weighted by atomic mass is 19.1. The molecule has 26 heavy (non-hydrogen) atoms. The van der Waals surface area contributed by atoms with E-state index in [2.05, 4.69) is 5.32 Å². The highest BCUT2D eigenvalue weighted by molar-refractivity contribution is 5.90. The van der Waals surface area contributed by atoms with Gasteiger partial charge in [0, 0.05) is 31.6 Å². The average Bonchev–Trinajstić information content (AvgIpc) is 2.91. The number of cyclic esters (lactones) is 1. The highest BCUT2D eigenvalue weighted by Crippen LogP contribution is 2.35.